The first-order chi connectivity index (χ1) is 10.7. The first kappa shape index (κ1) is 16.5. The van der Waals surface area contributed by atoms with Gasteiger partial charge in [-0.05, 0) is 18.6 Å². The molecule has 1 N–H and O–H groups in total. The molecule has 0 radical (unpaired) electrons. The van der Waals surface area contributed by atoms with Gasteiger partial charge in [0, 0.05) is 18.8 Å². The normalized spacial score (nSPS) is 15.3. The molecule has 1 aromatic rings. The topological polar surface area (TPSA) is 50.8 Å². The van der Waals surface area contributed by atoms with Crippen molar-refractivity contribution in [2.45, 2.75) is 6.92 Å². The average Bonchev–Trinajstić information content (AvgIpc) is 2.54. The van der Waals surface area contributed by atoms with Crippen molar-refractivity contribution >= 4 is 29.0 Å². The highest BCUT2D eigenvalue weighted by Crippen LogP contribution is 2.20. The molecule has 2 rings (SSSR count). The van der Waals surface area contributed by atoms with Gasteiger partial charge in [0.1, 0.15) is 4.99 Å². The van der Waals surface area contributed by atoms with Gasteiger partial charge in [0.05, 0.1) is 19.8 Å². The van der Waals surface area contributed by atoms with Crippen molar-refractivity contribution < 1.29 is 14.3 Å². The van der Waals surface area contributed by atoms with E-state index in [1.807, 2.05) is 30.3 Å². The van der Waals surface area contributed by atoms with Crippen LogP contribution >= 0.6 is 12.2 Å². The number of hydrogen-bond acceptors (Lipinski definition) is 5. The Labute approximate surface area is 135 Å². The summed E-state index contributed by atoms with van der Waals surface area (Å²) in [5, 5.41) is 2.56. The van der Waals surface area contributed by atoms with Crippen LogP contribution in [0.15, 0.2) is 36.4 Å². The molecule has 0 bridgehead atoms. The molecule has 5 nitrogen and oxygen atoms in total. The van der Waals surface area contributed by atoms with Crippen molar-refractivity contribution in [1.29, 1.82) is 0 Å². The van der Waals surface area contributed by atoms with Crippen molar-refractivity contribution in [3.05, 3.63) is 42.0 Å². The summed E-state index contributed by atoms with van der Waals surface area (Å²) >= 11 is 5.24. The number of carbonyl (C=O) groups excluding carboxylic acids is 1. The quantitative estimate of drug-likeness (QED) is 0.682. The standard InChI is InChI=1S/C16H20N2O3S/c1-2-21-16(19)17-15(22)12-14(13-6-4-3-5-7-13)18-8-10-20-11-9-18/h3-7,12H,2,8-11H2,1H3,(H,17,19,22)/b14-12-. The largest absolute Gasteiger partial charge is 0.450 e. The highest BCUT2D eigenvalue weighted by Gasteiger charge is 2.16. The second-order valence-electron chi connectivity index (χ2n) is 4.70. The SMILES string of the molecule is CCOC(=O)NC(=S)/C=C(/c1ccccc1)N1CCOCC1. The third-order valence-corrected chi connectivity index (χ3v) is 3.41. The zero-order chi connectivity index (χ0) is 15.8. The van der Waals surface area contributed by atoms with Crippen LogP contribution in [0, 0.1) is 0 Å². The van der Waals surface area contributed by atoms with Crippen LogP contribution < -0.4 is 5.32 Å². The number of carbonyl (C=O) groups is 1. The minimum absolute atomic E-state index is 0.313. The fourth-order valence-corrected chi connectivity index (χ4v) is 2.39. The van der Waals surface area contributed by atoms with E-state index in [0.29, 0.717) is 24.8 Å². The van der Waals surface area contributed by atoms with E-state index in [9.17, 15) is 4.79 Å². The summed E-state index contributed by atoms with van der Waals surface area (Å²) in [6.45, 7) is 5.02. The predicted octanol–water partition coefficient (Wildman–Crippen LogP) is 2.43. The Hall–Kier alpha value is -1.92. The number of amides is 1. The summed E-state index contributed by atoms with van der Waals surface area (Å²) in [4.78, 5) is 14.0. The van der Waals surface area contributed by atoms with Crippen molar-refractivity contribution in [3.8, 4) is 0 Å². The lowest BCUT2D eigenvalue weighted by Crippen LogP contribution is -2.36. The summed E-state index contributed by atoms with van der Waals surface area (Å²) in [6, 6.07) is 9.97. The molecule has 1 fully saturated rings. The number of hydrogen-bond donors (Lipinski definition) is 1. The number of benzene rings is 1. The third kappa shape index (κ3) is 4.82. The molecule has 6 heteroatoms. The number of morpholine rings is 1. The van der Waals surface area contributed by atoms with Gasteiger partial charge in [0.25, 0.3) is 0 Å². The molecular weight excluding hydrogens is 300 g/mol. The van der Waals surface area contributed by atoms with Gasteiger partial charge < -0.3 is 14.4 Å². The van der Waals surface area contributed by atoms with E-state index in [1.54, 1.807) is 13.0 Å². The molecule has 1 saturated heterocycles. The van der Waals surface area contributed by atoms with Crippen LogP contribution in [0.1, 0.15) is 12.5 Å². The van der Waals surface area contributed by atoms with E-state index in [-0.39, 0.29) is 0 Å². The molecule has 0 spiro atoms. The maximum absolute atomic E-state index is 11.5. The molecule has 1 heterocycles. The van der Waals surface area contributed by atoms with Crippen LogP contribution in [-0.2, 0) is 9.47 Å². The zero-order valence-electron chi connectivity index (χ0n) is 12.6. The molecular formula is C16H20N2O3S. The van der Waals surface area contributed by atoms with E-state index in [2.05, 4.69) is 10.2 Å². The maximum Gasteiger partial charge on any atom is 0.412 e. The van der Waals surface area contributed by atoms with Gasteiger partial charge in [0.15, 0.2) is 0 Å². The van der Waals surface area contributed by atoms with E-state index in [4.69, 9.17) is 21.7 Å². The van der Waals surface area contributed by atoms with Gasteiger partial charge in [-0.3, -0.25) is 5.32 Å². The summed E-state index contributed by atoms with van der Waals surface area (Å²) in [7, 11) is 0. The molecule has 0 unspecified atom stereocenters. The molecule has 0 aromatic heterocycles. The first-order valence-electron chi connectivity index (χ1n) is 7.28. The number of nitrogens with zero attached hydrogens (tertiary/aromatic N) is 1. The van der Waals surface area contributed by atoms with Gasteiger partial charge in [0.2, 0.25) is 0 Å². The monoisotopic (exact) mass is 320 g/mol. The summed E-state index contributed by atoms with van der Waals surface area (Å²) < 4.78 is 10.2. The Kier molecular flexibility index (Phi) is 6.36. The fourth-order valence-electron chi connectivity index (χ4n) is 2.20. The number of rotatable bonds is 4. The Morgan fingerprint density at radius 1 is 1.36 bits per heavy atom. The van der Waals surface area contributed by atoms with Crippen molar-refractivity contribution in [1.82, 2.24) is 10.2 Å². The highest BCUT2D eigenvalue weighted by atomic mass is 32.1. The van der Waals surface area contributed by atoms with Crippen LogP contribution in [0.3, 0.4) is 0 Å². The number of nitrogens with one attached hydrogen (secondary N) is 1. The predicted molar refractivity (Wildman–Crippen MR) is 89.6 cm³/mol. The molecule has 0 saturated carbocycles. The smallest absolute Gasteiger partial charge is 0.412 e. The highest BCUT2D eigenvalue weighted by molar-refractivity contribution is 7.80. The van der Waals surface area contributed by atoms with E-state index in [0.717, 1.165) is 24.4 Å². The molecule has 1 amide bonds. The Bertz CT molecular complexity index is 540. The van der Waals surface area contributed by atoms with Crippen molar-refractivity contribution in [2.24, 2.45) is 0 Å². The van der Waals surface area contributed by atoms with Crippen LogP contribution in [0.25, 0.3) is 5.70 Å². The molecule has 22 heavy (non-hydrogen) atoms. The Balaban J connectivity index is 2.18. The molecule has 1 aliphatic heterocycles. The Morgan fingerprint density at radius 2 is 2.05 bits per heavy atom. The molecule has 1 aliphatic rings. The van der Waals surface area contributed by atoms with Crippen LogP contribution in [0.2, 0.25) is 0 Å². The minimum atomic E-state index is -0.530. The fraction of sp³-hybridized carbons (Fsp3) is 0.375. The lowest BCUT2D eigenvalue weighted by molar-refractivity contribution is 0.0640. The van der Waals surface area contributed by atoms with Crippen molar-refractivity contribution in [2.75, 3.05) is 32.9 Å². The van der Waals surface area contributed by atoms with Crippen LogP contribution in [0.4, 0.5) is 4.79 Å². The summed E-state index contributed by atoms with van der Waals surface area (Å²) in [5.41, 5.74) is 2.03. The second kappa shape index (κ2) is 8.51. The van der Waals surface area contributed by atoms with Crippen LogP contribution in [-0.4, -0.2) is 48.9 Å². The minimum Gasteiger partial charge on any atom is -0.450 e. The molecule has 0 aliphatic carbocycles. The van der Waals surface area contributed by atoms with Gasteiger partial charge in [-0.25, -0.2) is 4.79 Å². The molecule has 118 valence electrons. The zero-order valence-corrected chi connectivity index (χ0v) is 13.4. The van der Waals surface area contributed by atoms with Gasteiger partial charge in [-0.15, -0.1) is 0 Å². The molecule has 0 atom stereocenters. The van der Waals surface area contributed by atoms with E-state index >= 15 is 0 Å². The molecule has 1 aromatic carbocycles. The summed E-state index contributed by atoms with van der Waals surface area (Å²) in [5.74, 6) is 0. The Morgan fingerprint density at radius 3 is 2.68 bits per heavy atom. The third-order valence-electron chi connectivity index (χ3n) is 3.19. The van der Waals surface area contributed by atoms with Gasteiger partial charge in [-0.2, -0.15) is 0 Å². The lowest BCUT2D eigenvalue weighted by Gasteiger charge is -2.31. The van der Waals surface area contributed by atoms with Gasteiger partial charge in [-0.1, -0.05) is 42.5 Å². The van der Waals surface area contributed by atoms with Crippen molar-refractivity contribution in [3.63, 3.8) is 0 Å². The number of ether oxygens (including phenoxy) is 2. The maximum atomic E-state index is 11.5. The summed E-state index contributed by atoms with van der Waals surface area (Å²) in [6.07, 6.45) is 1.27. The van der Waals surface area contributed by atoms with Gasteiger partial charge >= 0.3 is 6.09 Å². The van der Waals surface area contributed by atoms with E-state index < -0.39 is 6.09 Å². The van der Waals surface area contributed by atoms with Crippen LogP contribution in [0.5, 0.6) is 0 Å². The second-order valence-corrected chi connectivity index (χ2v) is 5.14. The first-order valence-corrected chi connectivity index (χ1v) is 7.69. The average molecular weight is 320 g/mol. The van der Waals surface area contributed by atoms with E-state index in [1.165, 1.54) is 0 Å². The number of thiocarbonyl (C=S) groups is 1. The lowest BCUT2D eigenvalue weighted by atomic mass is 10.1. The number of alkyl carbamates (subject to hydrolysis) is 1.